The Labute approximate surface area is 143 Å². The van der Waals surface area contributed by atoms with Crippen molar-refractivity contribution < 1.29 is 10.2 Å². The zero-order valence-corrected chi connectivity index (χ0v) is 14.0. The summed E-state index contributed by atoms with van der Waals surface area (Å²) in [4.78, 5) is 0. The fraction of sp³-hybridized carbons (Fsp3) is 0.273. The summed E-state index contributed by atoms with van der Waals surface area (Å²) in [6, 6.07) is 15.2. The molecule has 1 saturated carbocycles. The molecule has 0 heterocycles. The molecular weight excluding hydrogens is 296 g/mol. The van der Waals surface area contributed by atoms with E-state index in [0.29, 0.717) is 23.3 Å². The molecule has 2 aliphatic carbocycles. The Morgan fingerprint density at radius 3 is 2.04 bits per heavy atom. The molecule has 2 aromatic carbocycles. The van der Waals surface area contributed by atoms with Gasteiger partial charge >= 0.3 is 0 Å². The second-order valence-electron chi connectivity index (χ2n) is 7.35. The summed E-state index contributed by atoms with van der Waals surface area (Å²) in [6.45, 7) is 4.52. The van der Waals surface area contributed by atoms with Crippen molar-refractivity contribution in [2.45, 2.75) is 20.3 Å². The first-order chi connectivity index (χ1) is 11.5. The normalized spacial score (nSPS) is 25.9. The number of hydrogen-bond acceptors (Lipinski definition) is 2. The molecule has 0 aromatic heterocycles. The van der Waals surface area contributed by atoms with Crippen LogP contribution in [0.1, 0.15) is 31.4 Å². The highest BCUT2D eigenvalue weighted by atomic mass is 16.3. The number of rotatable bonds is 2. The largest absolute Gasteiger partial charge is 0.508 e. The van der Waals surface area contributed by atoms with Crippen molar-refractivity contribution in [3.8, 4) is 11.5 Å². The maximum Gasteiger partial charge on any atom is 0.115 e. The summed E-state index contributed by atoms with van der Waals surface area (Å²) in [5, 5.41) is 19.9. The lowest BCUT2D eigenvalue weighted by Crippen LogP contribution is -2.26. The lowest BCUT2D eigenvalue weighted by molar-refractivity contribution is 0.444. The van der Waals surface area contributed by atoms with Crippen LogP contribution in [0.5, 0.6) is 11.5 Å². The minimum Gasteiger partial charge on any atom is -0.508 e. The fourth-order valence-corrected chi connectivity index (χ4v) is 4.75. The summed E-state index contributed by atoms with van der Waals surface area (Å²) in [5.74, 6) is 4.14. The Kier molecular flexibility index (Phi) is 3.45. The molecule has 122 valence electrons. The van der Waals surface area contributed by atoms with Gasteiger partial charge in [0, 0.05) is 11.8 Å². The molecule has 0 saturated heterocycles. The lowest BCUT2D eigenvalue weighted by atomic mass is 9.68. The Morgan fingerprint density at radius 1 is 0.875 bits per heavy atom. The average molecular weight is 318 g/mol. The van der Waals surface area contributed by atoms with Crippen molar-refractivity contribution in [2.75, 3.05) is 0 Å². The summed E-state index contributed by atoms with van der Waals surface area (Å²) in [6.07, 6.45) is 5.60. The zero-order chi connectivity index (χ0) is 16.9. The smallest absolute Gasteiger partial charge is 0.115 e. The molecule has 2 radical (unpaired) electrons. The molecule has 2 nitrogen and oxygen atoms in total. The molecule has 24 heavy (non-hydrogen) atoms. The molecule has 2 N–H and O–H groups in total. The van der Waals surface area contributed by atoms with Crippen LogP contribution in [0.3, 0.4) is 0 Å². The van der Waals surface area contributed by atoms with E-state index in [1.807, 2.05) is 24.3 Å². The number of fused-ring (bicyclic) bond motifs is 1. The van der Waals surface area contributed by atoms with Gasteiger partial charge in [-0.05, 0) is 59.1 Å². The maximum absolute atomic E-state index is 9.93. The van der Waals surface area contributed by atoms with Crippen LogP contribution in [-0.4, -0.2) is 10.2 Å². The third kappa shape index (κ3) is 2.24. The van der Waals surface area contributed by atoms with E-state index in [4.69, 9.17) is 0 Å². The summed E-state index contributed by atoms with van der Waals surface area (Å²) < 4.78 is 0. The van der Waals surface area contributed by atoms with E-state index in [-0.39, 0.29) is 5.41 Å². The van der Waals surface area contributed by atoms with Crippen molar-refractivity contribution in [1.82, 2.24) is 0 Å². The van der Waals surface area contributed by atoms with Crippen LogP contribution in [0, 0.1) is 29.1 Å². The van der Waals surface area contributed by atoms with E-state index in [0.717, 1.165) is 17.5 Å². The molecule has 0 bridgehead atoms. The van der Waals surface area contributed by atoms with Gasteiger partial charge in [0.25, 0.3) is 0 Å². The molecule has 1 fully saturated rings. The first-order valence-corrected chi connectivity index (χ1v) is 8.48. The van der Waals surface area contributed by atoms with Gasteiger partial charge in [-0.1, -0.05) is 50.3 Å². The van der Waals surface area contributed by atoms with E-state index in [9.17, 15) is 10.2 Å². The number of allylic oxidation sites excluding steroid dienone is 2. The Balaban J connectivity index is 1.83. The van der Waals surface area contributed by atoms with Gasteiger partial charge in [0.1, 0.15) is 11.5 Å². The van der Waals surface area contributed by atoms with Crippen molar-refractivity contribution in [2.24, 2.45) is 17.3 Å². The summed E-state index contributed by atoms with van der Waals surface area (Å²) in [7, 11) is 0. The Bertz CT molecular complexity index is 790. The van der Waals surface area contributed by atoms with Gasteiger partial charge in [-0.25, -0.2) is 0 Å². The van der Waals surface area contributed by atoms with Gasteiger partial charge in [0.2, 0.25) is 0 Å². The first-order valence-electron chi connectivity index (χ1n) is 8.48. The minimum atomic E-state index is -0.123. The summed E-state index contributed by atoms with van der Waals surface area (Å²) >= 11 is 0. The third-order valence-corrected chi connectivity index (χ3v) is 5.53. The van der Waals surface area contributed by atoms with E-state index >= 15 is 0 Å². The topological polar surface area (TPSA) is 40.5 Å². The quantitative estimate of drug-likeness (QED) is 0.775. The predicted octanol–water partition coefficient (Wildman–Crippen LogP) is 4.88. The number of phenolic OH excluding ortho intramolecular Hbond substituents is 2. The highest BCUT2D eigenvalue weighted by molar-refractivity contribution is 5.56. The molecule has 2 atom stereocenters. The van der Waals surface area contributed by atoms with E-state index in [2.05, 4.69) is 38.1 Å². The minimum absolute atomic E-state index is 0.123. The van der Waals surface area contributed by atoms with Crippen molar-refractivity contribution in [3.63, 3.8) is 0 Å². The average Bonchev–Trinajstić information content (AvgIpc) is 3.03. The number of aromatic hydroxyl groups is 2. The standard InChI is InChI=1S/C22H22O2/c1-22(2)20(14-6-3-8-16(23)12-14)18-10-5-11-19(18)21(22)15-7-4-9-17(24)13-15/h3-10,12-13,18-19,23-24H,11H2,1-2H3. The lowest BCUT2D eigenvalue weighted by Gasteiger charge is -2.35. The number of benzene rings is 2. The molecule has 2 aliphatic rings. The molecule has 2 unspecified atom stereocenters. The fourth-order valence-electron chi connectivity index (χ4n) is 4.75. The van der Waals surface area contributed by atoms with Gasteiger partial charge in [-0.15, -0.1) is 0 Å². The molecule has 4 rings (SSSR count). The highest BCUT2D eigenvalue weighted by Crippen LogP contribution is 2.64. The van der Waals surface area contributed by atoms with Crippen molar-refractivity contribution in [1.29, 1.82) is 0 Å². The van der Waals surface area contributed by atoms with Crippen LogP contribution in [0.25, 0.3) is 0 Å². The molecule has 2 aromatic rings. The first kappa shape index (κ1) is 15.3. The van der Waals surface area contributed by atoms with E-state index in [1.54, 1.807) is 12.1 Å². The Hall–Kier alpha value is -2.22. The second-order valence-corrected chi connectivity index (χ2v) is 7.35. The SMILES string of the molecule is CC1(C)[C](c2cccc(O)c2)C2C=CCC2[C]1c1cccc(O)c1. The predicted molar refractivity (Wildman–Crippen MR) is 95.4 cm³/mol. The van der Waals surface area contributed by atoms with Crippen LogP contribution < -0.4 is 0 Å². The molecule has 2 heteroatoms. The third-order valence-electron chi connectivity index (χ3n) is 5.53. The number of hydrogen-bond donors (Lipinski definition) is 2. The molecular formula is C22H22O2. The second kappa shape index (κ2) is 5.41. The summed E-state index contributed by atoms with van der Waals surface area (Å²) in [5.41, 5.74) is 2.10. The van der Waals surface area contributed by atoms with Gasteiger partial charge < -0.3 is 10.2 Å². The van der Waals surface area contributed by atoms with Gasteiger partial charge in [0.05, 0.1) is 0 Å². The molecule has 0 spiro atoms. The maximum atomic E-state index is 9.93. The van der Waals surface area contributed by atoms with Gasteiger partial charge in [-0.3, -0.25) is 0 Å². The molecule has 0 amide bonds. The number of phenols is 2. The monoisotopic (exact) mass is 318 g/mol. The van der Waals surface area contributed by atoms with Crippen LogP contribution in [-0.2, 0) is 0 Å². The van der Waals surface area contributed by atoms with Crippen LogP contribution in [0.4, 0.5) is 0 Å². The molecule has 0 aliphatic heterocycles. The van der Waals surface area contributed by atoms with E-state index < -0.39 is 0 Å². The zero-order valence-electron chi connectivity index (χ0n) is 14.0. The van der Waals surface area contributed by atoms with Crippen molar-refractivity contribution in [3.05, 3.63) is 83.6 Å². The van der Waals surface area contributed by atoms with Gasteiger partial charge in [-0.2, -0.15) is 0 Å². The van der Waals surface area contributed by atoms with Crippen LogP contribution >= 0.6 is 0 Å². The van der Waals surface area contributed by atoms with Gasteiger partial charge in [0.15, 0.2) is 0 Å². The van der Waals surface area contributed by atoms with Crippen LogP contribution in [0.15, 0.2) is 60.7 Å². The van der Waals surface area contributed by atoms with E-state index in [1.165, 1.54) is 11.8 Å². The Morgan fingerprint density at radius 2 is 1.46 bits per heavy atom. The van der Waals surface area contributed by atoms with Crippen molar-refractivity contribution >= 4 is 0 Å². The highest BCUT2D eigenvalue weighted by Gasteiger charge is 2.56. The van der Waals surface area contributed by atoms with Crippen LogP contribution in [0.2, 0.25) is 0 Å².